The van der Waals surface area contributed by atoms with E-state index in [2.05, 4.69) is 38.3 Å². The Morgan fingerprint density at radius 1 is 1.35 bits per heavy atom. The summed E-state index contributed by atoms with van der Waals surface area (Å²) in [4.78, 5) is 2.44. The third kappa shape index (κ3) is 2.61. The van der Waals surface area contributed by atoms with Crippen LogP contribution in [-0.4, -0.2) is 25.7 Å². The Kier molecular flexibility index (Phi) is 3.33. The number of piperazine rings is 1. The average Bonchev–Trinajstić information content (AvgIpc) is 3.17. The van der Waals surface area contributed by atoms with Crippen LogP contribution in [0.4, 0.5) is 5.69 Å². The molecule has 0 amide bonds. The molecule has 1 heterocycles. The molecule has 1 saturated carbocycles. The SMILES string of the molecule is Clc1cc(N2CCNC(C3CC3)C2)ccc1Br. The highest BCUT2D eigenvalue weighted by Gasteiger charge is 2.34. The normalized spacial score (nSPS) is 25.1. The van der Waals surface area contributed by atoms with Crippen LogP contribution in [0.5, 0.6) is 0 Å². The Hall–Kier alpha value is -0.250. The zero-order valence-corrected chi connectivity index (χ0v) is 12.0. The topological polar surface area (TPSA) is 15.3 Å². The minimum atomic E-state index is 0.672. The Bertz CT molecular complexity index is 420. The van der Waals surface area contributed by atoms with E-state index in [1.807, 2.05) is 6.07 Å². The Morgan fingerprint density at radius 2 is 2.18 bits per heavy atom. The molecule has 1 aliphatic carbocycles. The van der Waals surface area contributed by atoms with Gasteiger partial charge >= 0.3 is 0 Å². The Balaban J connectivity index is 1.75. The van der Waals surface area contributed by atoms with E-state index in [9.17, 15) is 0 Å². The number of hydrogen-bond acceptors (Lipinski definition) is 2. The number of anilines is 1. The van der Waals surface area contributed by atoms with Gasteiger partial charge in [-0.25, -0.2) is 0 Å². The van der Waals surface area contributed by atoms with Crippen molar-refractivity contribution in [1.82, 2.24) is 5.32 Å². The van der Waals surface area contributed by atoms with Gasteiger partial charge in [-0.05, 0) is 52.9 Å². The molecule has 2 aliphatic rings. The van der Waals surface area contributed by atoms with Crippen molar-refractivity contribution in [3.63, 3.8) is 0 Å². The zero-order valence-electron chi connectivity index (χ0n) is 9.63. The second-order valence-electron chi connectivity index (χ2n) is 4.94. The largest absolute Gasteiger partial charge is 0.369 e. The first-order valence-electron chi connectivity index (χ1n) is 6.17. The fourth-order valence-electron chi connectivity index (χ4n) is 2.51. The molecule has 92 valence electrons. The first-order chi connectivity index (χ1) is 8.24. The maximum atomic E-state index is 6.16. The first-order valence-corrected chi connectivity index (χ1v) is 7.34. The van der Waals surface area contributed by atoms with E-state index in [-0.39, 0.29) is 0 Å². The second kappa shape index (κ2) is 4.79. The lowest BCUT2D eigenvalue weighted by molar-refractivity contribution is 0.419. The summed E-state index contributed by atoms with van der Waals surface area (Å²) in [5, 5.41) is 4.42. The van der Waals surface area contributed by atoms with Crippen molar-refractivity contribution in [3.8, 4) is 0 Å². The summed E-state index contributed by atoms with van der Waals surface area (Å²) in [7, 11) is 0. The van der Waals surface area contributed by atoms with Crippen LogP contribution >= 0.6 is 27.5 Å². The molecule has 1 saturated heterocycles. The average molecular weight is 316 g/mol. The summed E-state index contributed by atoms with van der Waals surface area (Å²) in [5.74, 6) is 0.906. The van der Waals surface area contributed by atoms with Gasteiger partial charge in [0.15, 0.2) is 0 Å². The Labute approximate surface area is 115 Å². The smallest absolute Gasteiger partial charge is 0.0568 e. The van der Waals surface area contributed by atoms with Gasteiger partial charge in [-0.2, -0.15) is 0 Å². The maximum absolute atomic E-state index is 6.16. The monoisotopic (exact) mass is 314 g/mol. The lowest BCUT2D eigenvalue weighted by Gasteiger charge is -2.35. The highest BCUT2D eigenvalue weighted by molar-refractivity contribution is 9.10. The highest BCUT2D eigenvalue weighted by Crippen LogP contribution is 2.35. The van der Waals surface area contributed by atoms with Crippen molar-refractivity contribution in [3.05, 3.63) is 27.7 Å². The summed E-state index contributed by atoms with van der Waals surface area (Å²) < 4.78 is 0.969. The van der Waals surface area contributed by atoms with E-state index in [1.165, 1.54) is 18.5 Å². The minimum absolute atomic E-state index is 0.672. The lowest BCUT2D eigenvalue weighted by atomic mass is 10.1. The molecule has 0 bridgehead atoms. The maximum Gasteiger partial charge on any atom is 0.0568 e. The van der Waals surface area contributed by atoms with Gasteiger partial charge in [0.25, 0.3) is 0 Å². The quantitative estimate of drug-likeness (QED) is 0.901. The second-order valence-corrected chi connectivity index (χ2v) is 6.20. The molecule has 17 heavy (non-hydrogen) atoms. The molecule has 0 aromatic heterocycles. The molecule has 2 nitrogen and oxygen atoms in total. The van der Waals surface area contributed by atoms with Gasteiger partial charge in [0, 0.05) is 35.8 Å². The zero-order chi connectivity index (χ0) is 11.8. The van der Waals surface area contributed by atoms with Crippen LogP contribution < -0.4 is 10.2 Å². The van der Waals surface area contributed by atoms with E-state index in [4.69, 9.17) is 11.6 Å². The van der Waals surface area contributed by atoms with Crippen molar-refractivity contribution in [1.29, 1.82) is 0 Å². The standard InChI is InChI=1S/C13H16BrClN2/c14-11-4-3-10(7-12(11)15)17-6-5-16-13(8-17)9-1-2-9/h3-4,7,9,13,16H,1-2,5-6,8H2. The van der Waals surface area contributed by atoms with Gasteiger partial charge in [-0.1, -0.05) is 11.6 Å². The lowest BCUT2D eigenvalue weighted by Crippen LogP contribution is -2.51. The van der Waals surface area contributed by atoms with Gasteiger partial charge in [0.05, 0.1) is 5.02 Å². The van der Waals surface area contributed by atoms with Crippen LogP contribution in [0, 0.1) is 5.92 Å². The number of hydrogen-bond donors (Lipinski definition) is 1. The fourth-order valence-corrected chi connectivity index (χ4v) is 2.93. The molecule has 1 aliphatic heterocycles. The molecular formula is C13H16BrClN2. The summed E-state index contributed by atoms with van der Waals surface area (Å²) in [6, 6.07) is 6.91. The number of nitrogens with zero attached hydrogens (tertiary/aromatic N) is 1. The number of benzene rings is 1. The Morgan fingerprint density at radius 3 is 2.88 bits per heavy atom. The number of nitrogens with one attached hydrogen (secondary N) is 1. The molecule has 0 radical (unpaired) electrons. The van der Waals surface area contributed by atoms with Crippen LogP contribution in [0.1, 0.15) is 12.8 Å². The van der Waals surface area contributed by atoms with Gasteiger partial charge in [-0.3, -0.25) is 0 Å². The predicted molar refractivity (Wildman–Crippen MR) is 75.9 cm³/mol. The predicted octanol–water partition coefficient (Wildman–Crippen LogP) is 3.29. The van der Waals surface area contributed by atoms with E-state index in [0.717, 1.165) is 35.0 Å². The van der Waals surface area contributed by atoms with Gasteiger partial charge < -0.3 is 10.2 Å². The van der Waals surface area contributed by atoms with Crippen LogP contribution in [0.2, 0.25) is 5.02 Å². The van der Waals surface area contributed by atoms with Crippen molar-refractivity contribution in [2.45, 2.75) is 18.9 Å². The number of rotatable bonds is 2. The highest BCUT2D eigenvalue weighted by atomic mass is 79.9. The van der Waals surface area contributed by atoms with Crippen LogP contribution in [-0.2, 0) is 0 Å². The summed E-state index contributed by atoms with van der Waals surface area (Å²) in [6.45, 7) is 3.26. The third-order valence-electron chi connectivity index (χ3n) is 3.66. The van der Waals surface area contributed by atoms with Gasteiger partial charge in [-0.15, -0.1) is 0 Å². The summed E-state index contributed by atoms with van der Waals surface area (Å²) in [6.07, 6.45) is 2.79. The van der Waals surface area contributed by atoms with Crippen molar-refractivity contribution < 1.29 is 0 Å². The first kappa shape index (κ1) is 11.8. The van der Waals surface area contributed by atoms with E-state index >= 15 is 0 Å². The molecule has 1 atom stereocenters. The molecule has 1 aromatic carbocycles. The molecule has 1 aromatic rings. The van der Waals surface area contributed by atoms with Crippen LogP contribution in [0.3, 0.4) is 0 Å². The molecule has 0 spiro atoms. The molecular weight excluding hydrogens is 300 g/mol. The van der Waals surface area contributed by atoms with Crippen molar-refractivity contribution in [2.24, 2.45) is 5.92 Å². The van der Waals surface area contributed by atoms with E-state index in [1.54, 1.807) is 0 Å². The summed E-state index contributed by atoms with van der Waals surface area (Å²) in [5.41, 5.74) is 1.24. The fraction of sp³-hybridized carbons (Fsp3) is 0.538. The molecule has 4 heteroatoms. The summed E-state index contributed by atoms with van der Waals surface area (Å²) >= 11 is 9.59. The van der Waals surface area contributed by atoms with E-state index in [0.29, 0.717) is 6.04 Å². The van der Waals surface area contributed by atoms with Crippen molar-refractivity contribution >= 4 is 33.2 Å². The molecule has 1 unspecified atom stereocenters. The molecule has 2 fully saturated rings. The van der Waals surface area contributed by atoms with Crippen molar-refractivity contribution in [2.75, 3.05) is 24.5 Å². The van der Waals surface area contributed by atoms with E-state index < -0.39 is 0 Å². The minimum Gasteiger partial charge on any atom is -0.369 e. The van der Waals surface area contributed by atoms with Crippen LogP contribution in [0.15, 0.2) is 22.7 Å². The molecule has 3 rings (SSSR count). The van der Waals surface area contributed by atoms with Gasteiger partial charge in [0.2, 0.25) is 0 Å². The third-order valence-corrected chi connectivity index (χ3v) is 4.90. The molecule has 1 N–H and O–H groups in total. The van der Waals surface area contributed by atoms with Gasteiger partial charge in [0.1, 0.15) is 0 Å². The number of halogens is 2. The van der Waals surface area contributed by atoms with Crippen LogP contribution in [0.25, 0.3) is 0 Å².